The number of aromatic amines is 1. The highest BCUT2D eigenvalue weighted by Crippen LogP contribution is 2.49. The number of pyridine rings is 1. The van der Waals surface area contributed by atoms with E-state index in [2.05, 4.69) is 15.4 Å². The number of nitrogens with zero attached hydrogens (tertiary/aromatic N) is 3. The van der Waals surface area contributed by atoms with Crippen LogP contribution in [0.2, 0.25) is 0 Å². The second-order valence-electron chi connectivity index (χ2n) is 9.24. The van der Waals surface area contributed by atoms with Gasteiger partial charge in [-0.25, -0.2) is 9.50 Å². The van der Waals surface area contributed by atoms with Crippen molar-refractivity contribution in [3.8, 4) is 11.4 Å². The first-order valence-corrected chi connectivity index (χ1v) is 11.3. The third kappa shape index (κ3) is 3.84. The van der Waals surface area contributed by atoms with Crippen molar-refractivity contribution < 1.29 is 4.79 Å². The molecule has 1 fully saturated rings. The molecule has 0 saturated heterocycles. The second-order valence-corrected chi connectivity index (χ2v) is 9.24. The molecule has 0 spiro atoms. The van der Waals surface area contributed by atoms with Gasteiger partial charge in [-0.2, -0.15) is 0 Å². The molecule has 1 amide bonds. The largest absolute Gasteiger partial charge is 0.347 e. The Kier molecular flexibility index (Phi) is 5.12. The summed E-state index contributed by atoms with van der Waals surface area (Å²) in [7, 11) is 0. The quantitative estimate of drug-likeness (QED) is 0.474. The zero-order valence-corrected chi connectivity index (χ0v) is 19.0. The molecule has 4 aromatic rings. The Bertz CT molecular complexity index is 1370. The topological polar surface area (TPSA) is 92.2 Å². The van der Waals surface area contributed by atoms with Crippen LogP contribution in [0.3, 0.4) is 0 Å². The SMILES string of the molecule is Cc1ccc(C2(C(=O)N[C@H](c3cc(=O)n4[nH]c(-c5ccccn5)cc4n3)C(C)C)CC2)cc1. The number of hydrogen-bond donors (Lipinski definition) is 2. The number of rotatable bonds is 6. The van der Waals surface area contributed by atoms with Crippen LogP contribution < -0.4 is 10.9 Å². The summed E-state index contributed by atoms with van der Waals surface area (Å²) in [4.78, 5) is 35.3. The van der Waals surface area contributed by atoms with Crippen LogP contribution in [0.15, 0.2) is 65.6 Å². The van der Waals surface area contributed by atoms with E-state index in [0.717, 1.165) is 24.1 Å². The Labute approximate surface area is 191 Å². The van der Waals surface area contributed by atoms with Gasteiger partial charge in [0.2, 0.25) is 5.91 Å². The molecule has 1 atom stereocenters. The van der Waals surface area contributed by atoms with Crippen molar-refractivity contribution in [3.63, 3.8) is 0 Å². The van der Waals surface area contributed by atoms with E-state index in [1.165, 1.54) is 16.1 Å². The lowest BCUT2D eigenvalue weighted by molar-refractivity contribution is -0.124. The van der Waals surface area contributed by atoms with Gasteiger partial charge in [0.25, 0.3) is 5.56 Å². The lowest BCUT2D eigenvalue weighted by Crippen LogP contribution is -2.40. The van der Waals surface area contributed by atoms with Crippen LogP contribution in [-0.2, 0) is 10.2 Å². The number of hydrogen-bond acceptors (Lipinski definition) is 4. The molecule has 0 unspecified atom stereocenters. The summed E-state index contributed by atoms with van der Waals surface area (Å²) in [6.07, 6.45) is 3.36. The maximum absolute atomic E-state index is 13.4. The monoisotopic (exact) mass is 441 g/mol. The minimum Gasteiger partial charge on any atom is -0.347 e. The molecule has 7 nitrogen and oxygen atoms in total. The van der Waals surface area contributed by atoms with Gasteiger partial charge in [-0.15, -0.1) is 0 Å². The van der Waals surface area contributed by atoms with Gasteiger partial charge in [-0.1, -0.05) is 49.7 Å². The molecular formula is C26H27N5O2. The Morgan fingerprint density at radius 3 is 2.52 bits per heavy atom. The van der Waals surface area contributed by atoms with Gasteiger partial charge in [0.15, 0.2) is 5.65 Å². The predicted octanol–water partition coefficient (Wildman–Crippen LogP) is 3.94. The molecule has 7 heteroatoms. The van der Waals surface area contributed by atoms with Gasteiger partial charge in [0, 0.05) is 18.3 Å². The summed E-state index contributed by atoms with van der Waals surface area (Å²) in [5.41, 5.74) is 4.00. The van der Waals surface area contributed by atoms with Crippen LogP contribution in [0.4, 0.5) is 0 Å². The fourth-order valence-electron chi connectivity index (χ4n) is 4.33. The highest BCUT2D eigenvalue weighted by atomic mass is 16.2. The number of carbonyl (C=O) groups is 1. The van der Waals surface area contributed by atoms with Crippen molar-refractivity contribution in [1.29, 1.82) is 0 Å². The van der Waals surface area contributed by atoms with Crippen LogP contribution >= 0.6 is 0 Å². The molecule has 0 aliphatic heterocycles. The fraction of sp³-hybridized carbons (Fsp3) is 0.308. The van der Waals surface area contributed by atoms with E-state index in [4.69, 9.17) is 4.98 Å². The maximum Gasteiger partial charge on any atom is 0.272 e. The number of nitrogens with one attached hydrogen (secondary N) is 2. The molecule has 1 aliphatic carbocycles. The Morgan fingerprint density at radius 1 is 1.12 bits per heavy atom. The first kappa shape index (κ1) is 21.1. The number of carbonyl (C=O) groups excluding carboxylic acids is 1. The zero-order chi connectivity index (χ0) is 23.2. The van der Waals surface area contributed by atoms with E-state index in [1.54, 1.807) is 12.3 Å². The fourth-order valence-corrected chi connectivity index (χ4v) is 4.33. The summed E-state index contributed by atoms with van der Waals surface area (Å²) in [5, 5.41) is 6.28. The minimum absolute atomic E-state index is 0.00436. The third-order valence-corrected chi connectivity index (χ3v) is 6.47. The van der Waals surface area contributed by atoms with E-state index >= 15 is 0 Å². The number of fused-ring (bicyclic) bond motifs is 1. The normalized spacial score (nSPS) is 15.5. The maximum atomic E-state index is 13.4. The van der Waals surface area contributed by atoms with Crippen LogP contribution in [0.1, 0.15) is 49.6 Å². The summed E-state index contributed by atoms with van der Waals surface area (Å²) in [6.45, 7) is 6.09. The molecule has 3 heterocycles. The van der Waals surface area contributed by atoms with E-state index < -0.39 is 5.41 Å². The standard InChI is InChI=1S/C26H27N5O2/c1-16(2)24(29-25(33)26(11-12-26)18-9-7-17(3)8-10-18)21-15-23(32)31-22(28-21)14-20(30-31)19-6-4-5-13-27-19/h4-10,13-16,24,30H,11-12H2,1-3H3,(H,29,33)/t24-/m0/s1. The van der Waals surface area contributed by atoms with E-state index in [0.29, 0.717) is 17.0 Å². The van der Waals surface area contributed by atoms with Crippen LogP contribution in [0.5, 0.6) is 0 Å². The zero-order valence-electron chi connectivity index (χ0n) is 19.0. The summed E-state index contributed by atoms with van der Waals surface area (Å²) < 4.78 is 1.40. The van der Waals surface area contributed by atoms with Crippen molar-refractivity contribution in [2.45, 2.75) is 45.1 Å². The van der Waals surface area contributed by atoms with Crippen molar-refractivity contribution >= 4 is 11.6 Å². The molecule has 0 bridgehead atoms. The van der Waals surface area contributed by atoms with E-state index in [9.17, 15) is 9.59 Å². The Morgan fingerprint density at radius 2 is 1.88 bits per heavy atom. The molecule has 3 aromatic heterocycles. The van der Waals surface area contributed by atoms with Gasteiger partial charge < -0.3 is 5.32 Å². The second kappa shape index (κ2) is 7.99. The first-order chi connectivity index (χ1) is 15.9. The lowest BCUT2D eigenvalue weighted by atomic mass is 9.92. The number of aryl methyl sites for hydroxylation is 1. The van der Waals surface area contributed by atoms with Gasteiger partial charge >= 0.3 is 0 Å². The third-order valence-electron chi connectivity index (χ3n) is 6.47. The molecule has 0 radical (unpaired) electrons. The van der Waals surface area contributed by atoms with Crippen molar-refractivity contribution in [1.82, 2.24) is 24.9 Å². The van der Waals surface area contributed by atoms with Crippen LogP contribution in [-0.4, -0.2) is 25.5 Å². The molecule has 5 rings (SSSR count). The summed E-state index contributed by atoms with van der Waals surface area (Å²) >= 11 is 0. The number of aromatic nitrogens is 4. The van der Waals surface area contributed by atoms with Crippen LogP contribution in [0.25, 0.3) is 17.0 Å². The molecule has 2 N–H and O–H groups in total. The molecular weight excluding hydrogens is 414 g/mol. The number of benzene rings is 1. The van der Waals surface area contributed by atoms with Gasteiger partial charge in [-0.05, 0) is 43.4 Å². The van der Waals surface area contributed by atoms with Gasteiger partial charge in [-0.3, -0.25) is 19.7 Å². The van der Waals surface area contributed by atoms with E-state index in [1.807, 2.05) is 63.2 Å². The first-order valence-electron chi connectivity index (χ1n) is 11.3. The highest BCUT2D eigenvalue weighted by Gasteiger charge is 2.51. The molecule has 33 heavy (non-hydrogen) atoms. The molecule has 1 aromatic carbocycles. The Hall–Kier alpha value is -3.74. The molecule has 168 valence electrons. The average Bonchev–Trinajstić information content (AvgIpc) is 3.50. The Balaban J connectivity index is 1.47. The molecule has 1 aliphatic rings. The lowest BCUT2D eigenvalue weighted by Gasteiger charge is -2.25. The van der Waals surface area contributed by atoms with Crippen LogP contribution in [0, 0.1) is 12.8 Å². The summed E-state index contributed by atoms with van der Waals surface area (Å²) in [6, 6.07) is 16.7. The van der Waals surface area contributed by atoms with Gasteiger partial charge in [0.05, 0.1) is 28.5 Å². The smallest absolute Gasteiger partial charge is 0.272 e. The van der Waals surface area contributed by atoms with Crippen molar-refractivity contribution in [3.05, 3.63) is 88.0 Å². The van der Waals surface area contributed by atoms with Crippen molar-refractivity contribution in [2.24, 2.45) is 5.92 Å². The highest BCUT2D eigenvalue weighted by molar-refractivity contribution is 5.91. The number of amides is 1. The van der Waals surface area contributed by atoms with Gasteiger partial charge in [0.1, 0.15) is 0 Å². The van der Waals surface area contributed by atoms with E-state index in [-0.39, 0.29) is 23.4 Å². The summed E-state index contributed by atoms with van der Waals surface area (Å²) in [5.74, 6) is 0.0571. The molecule has 1 saturated carbocycles. The van der Waals surface area contributed by atoms with Crippen molar-refractivity contribution in [2.75, 3.05) is 0 Å². The predicted molar refractivity (Wildman–Crippen MR) is 127 cm³/mol. The number of H-pyrrole nitrogens is 1. The average molecular weight is 442 g/mol. The minimum atomic E-state index is -0.486.